The minimum absolute atomic E-state index is 0.274. The van der Waals surface area contributed by atoms with Crippen LogP contribution in [0.3, 0.4) is 0 Å². The fourth-order valence-electron chi connectivity index (χ4n) is 2.46. The lowest BCUT2D eigenvalue weighted by molar-refractivity contribution is 1.02. The second-order valence-electron chi connectivity index (χ2n) is 5.08. The van der Waals surface area contributed by atoms with Crippen LogP contribution in [0, 0.1) is 10.5 Å². The molecular formula is C18H20BrI. The Hall–Kier alpha value is -0.350. The van der Waals surface area contributed by atoms with Gasteiger partial charge in [-0.15, -0.1) is 0 Å². The number of hydrogen-bond donors (Lipinski definition) is 0. The number of alkyl halides is 1. The van der Waals surface area contributed by atoms with Gasteiger partial charge in [-0.25, -0.2) is 0 Å². The van der Waals surface area contributed by atoms with Gasteiger partial charge in [0.1, 0.15) is 0 Å². The molecule has 0 aliphatic carbocycles. The Labute approximate surface area is 144 Å². The van der Waals surface area contributed by atoms with E-state index in [1.54, 1.807) is 0 Å². The van der Waals surface area contributed by atoms with Crippen molar-refractivity contribution in [2.24, 2.45) is 0 Å². The Morgan fingerprint density at radius 1 is 1.05 bits per heavy atom. The molecule has 0 aliphatic heterocycles. The molecule has 1 atom stereocenters. The van der Waals surface area contributed by atoms with Gasteiger partial charge in [0.2, 0.25) is 0 Å². The van der Waals surface area contributed by atoms with E-state index in [1.165, 1.54) is 31.4 Å². The molecular weight excluding hydrogens is 423 g/mol. The molecule has 0 fully saturated rings. The number of hydrogen-bond acceptors (Lipinski definition) is 0. The molecule has 2 rings (SSSR count). The monoisotopic (exact) mass is 442 g/mol. The van der Waals surface area contributed by atoms with Crippen molar-refractivity contribution < 1.29 is 0 Å². The van der Waals surface area contributed by atoms with Crippen molar-refractivity contribution in [3.05, 3.63) is 67.8 Å². The first-order valence-corrected chi connectivity index (χ1v) is 9.08. The van der Waals surface area contributed by atoms with Crippen LogP contribution in [0.5, 0.6) is 0 Å². The number of aryl methyl sites for hydroxylation is 3. The van der Waals surface area contributed by atoms with Crippen LogP contribution in [-0.4, -0.2) is 0 Å². The van der Waals surface area contributed by atoms with E-state index >= 15 is 0 Å². The average molecular weight is 443 g/mol. The molecule has 2 aromatic rings. The largest absolute Gasteiger partial charge is 0.0786 e. The summed E-state index contributed by atoms with van der Waals surface area (Å²) in [5.41, 5.74) is 6.96. The zero-order valence-electron chi connectivity index (χ0n) is 12.2. The van der Waals surface area contributed by atoms with Crippen molar-refractivity contribution in [1.29, 1.82) is 0 Å². The Kier molecular flexibility index (Phi) is 5.67. The molecule has 0 saturated heterocycles. The molecule has 0 radical (unpaired) electrons. The fraction of sp³-hybridized carbons (Fsp3) is 0.333. The van der Waals surface area contributed by atoms with E-state index < -0.39 is 0 Å². The van der Waals surface area contributed by atoms with Gasteiger partial charge in [0.25, 0.3) is 0 Å². The Morgan fingerprint density at radius 3 is 2.45 bits per heavy atom. The Bertz CT molecular complexity index is 604. The van der Waals surface area contributed by atoms with Crippen LogP contribution in [0.15, 0.2) is 36.4 Å². The second kappa shape index (κ2) is 7.08. The molecule has 0 spiro atoms. The molecule has 0 N–H and O–H groups in total. The summed E-state index contributed by atoms with van der Waals surface area (Å²) in [6.07, 6.45) is 2.16. The summed E-state index contributed by atoms with van der Waals surface area (Å²) in [5.74, 6) is 0. The zero-order chi connectivity index (χ0) is 14.7. The number of rotatable bonds is 4. The Balaban J connectivity index is 2.51. The van der Waals surface area contributed by atoms with E-state index in [1.807, 2.05) is 0 Å². The van der Waals surface area contributed by atoms with Crippen molar-refractivity contribution in [3.63, 3.8) is 0 Å². The van der Waals surface area contributed by atoms with E-state index in [0.29, 0.717) is 0 Å². The van der Waals surface area contributed by atoms with Crippen LogP contribution < -0.4 is 0 Å². The highest BCUT2D eigenvalue weighted by molar-refractivity contribution is 14.1. The summed E-state index contributed by atoms with van der Waals surface area (Å²) in [7, 11) is 0. The fourth-order valence-corrected chi connectivity index (χ4v) is 4.36. The van der Waals surface area contributed by atoms with Crippen LogP contribution in [0.4, 0.5) is 0 Å². The Morgan fingerprint density at radius 2 is 1.80 bits per heavy atom. The predicted molar refractivity (Wildman–Crippen MR) is 99.9 cm³/mol. The molecule has 0 aromatic heterocycles. The highest BCUT2D eigenvalue weighted by Crippen LogP contribution is 2.37. The van der Waals surface area contributed by atoms with Gasteiger partial charge in [0, 0.05) is 3.57 Å². The maximum Gasteiger partial charge on any atom is 0.0657 e. The van der Waals surface area contributed by atoms with E-state index in [2.05, 4.69) is 95.7 Å². The van der Waals surface area contributed by atoms with Gasteiger partial charge in [-0.3, -0.25) is 0 Å². The SMILES string of the molecule is CCc1ccc(CC)c(C(Br)c2cccc(C)c2I)c1. The first-order valence-electron chi connectivity index (χ1n) is 7.09. The topological polar surface area (TPSA) is 0 Å². The van der Waals surface area contributed by atoms with Gasteiger partial charge in [-0.1, -0.05) is 66.2 Å². The molecule has 0 saturated carbocycles. The van der Waals surface area contributed by atoms with Crippen molar-refractivity contribution in [3.8, 4) is 0 Å². The maximum atomic E-state index is 3.93. The highest BCUT2D eigenvalue weighted by Gasteiger charge is 2.17. The predicted octanol–water partition coefficient (Wildman–Crippen LogP) is 6.21. The van der Waals surface area contributed by atoms with E-state index in [0.717, 1.165) is 12.8 Å². The van der Waals surface area contributed by atoms with Gasteiger partial charge in [0.15, 0.2) is 0 Å². The summed E-state index contributed by atoms with van der Waals surface area (Å²) >= 11 is 6.39. The normalized spacial score (nSPS) is 12.4. The van der Waals surface area contributed by atoms with Crippen molar-refractivity contribution in [2.75, 3.05) is 0 Å². The lowest BCUT2D eigenvalue weighted by atomic mass is 9.95. The minimum atomic E-state index is 0.274. The quantitative estimate of drug-likeness (QED) is 0.390. The lowest BCUT2D eigenvalue weighted by Gasteiger charge is -2.18. The van der Waals surface area contributed by atoms with Crippen LogP contribution in [0.25, 0.3) is 0 Å². The number of halogens is 2. The summed E-state index contributed by atoms with van der Waals surface area (Å²) < 4.78 is 1.36. The van der Waals surface area contributed by atoms with Gasteiger partial charge in [-0.05, 0) is 70.2 Å². The third kappa shape index (κ3) is 3.28. The van der Waals surface area contributed by atoms with Crippen LogP contribution >= 0.6 is 38.5 Å². The van der Waals surface area contributed by atoms with Crippen LogP contribution in [0.1, 0.15) is 46.5 Å². The van der Waals surface area contributed by atoms with Crippen molar-refractivity contribution in [2.45, 2.75) is 38.4 Å². The molecule has 20 heavy (non-hydrogen) atoms. The summed E-state index contributed by atoms with van der Waals surface area (Å²) in [4.78, 5) is 0.274. The molecule has 106 valence electrons. The van der Waals surface area contributed by atoms with Gasteiger partial charge >= 0.3 is 0 Å². The molecule has 2 aromatic carbocycles. The first-order chi connectivity index (χ1) is 9.58. The van der Waals surface area contributed by atoms with E-state index in [4.69, 9.17) is 0 Å². The summed E-state index contributed by atoms with van der Waals surface area (Å²) in [6.45, 7) is 6.62. The minimum Gasteiger partial charge on any atom is -0.0786 e. The molecule has 2 heteroatoms. The summed E-state index contributed by atoms with van der Waals surface area (Å²) in [6, 6.07) is 13.4. The first kappa shape index (κ1) is 16.0. The molecule has 0 aliphatic rings. The summed E-state index contributed by atoms with van der Waals surface area (Å²) in [5, 5.41) is 0. The maximum absolute atomic E-state index is 3.93. The standard InChI is InChI=1S/C18H20BrI/c1-4-13-9-10-14(5-2)16(11-13)17(19)15-8-6-7-12(3)18(15)20/h6-11,17H,4-5H2,1-3H3. The average Bonchev–Trinajstić information content (AvgIpc) is 2.48. The molecule has 0 heterocycles. The molecule has 0 bridgehead atoms. The zero-order valence-corrected chi connectivity index (χ0v) is 16.0. The van der Waals surface area contributed by atoms with Gasteiger partial charge in [-0.2, -0.15) is 0 Å². The van der Waals surface area contributed by atoms with E-state index in [-0.39, 0.29) is 4.83 Å². The van der Waals surface area contributed by atoms with Crippen LogP contribution in [-0.2, 0) is 12.8 Å². The van der Waals surface area contributed by atoms with Crippen molar-refractivity contribution in [1.82, 2.24) is 0 Å². The third-order valence-corrected chi connectivity index (χ3v) is 6.23. The van der Waals surface area contributed by atoms with Crippen molar-refractivity contribution >= 4 is 38.5 Å². The third-order valence-electron chi connectivity index (χ3n) is 3.77. The van der Waals surface area contributed by atoms with Crippen LogP contribution in [0.2, 0.25) is 0 Å². The second-order valence-corrected chi connectivity index (χ2v) is 7.08. The lowest BCUT2D eigenvalue weighted by Crippen LogP contribution is -2.02. The van der Waals surface area contributed by atoms with Gasteiger partial charge in [0.05, 0.1) is 4.83 Å². The smallest absolute Gasteiger partial charge is 0.0657 e. The highest BCUT2D eigenvalue weighted by atomic mass is 127. The molecule has 0 amide bonds. The molecule has 0 nitrogen and oxygen atoms in total. The van der Waals surface area contributed by atoms with Gasteiger partial charge < -0.3 is 0 Å². The van der Waals surface area contributed by atoms with E-state index in [9.17, 15) is 0 Å². The number of benzene rings is 2. The molecule has 1 unspecified atom stereocenters.